The van der Waals surface area contributed by atoms with E-state index < -0.39 is 5.60 Å². The summed E-state index contributed by atoms with van der Waals surface area (Å²) >= 11 is 6.26. The van der Waals surface area contributed by atoms with Crippen molar-refractivity contribution in [3.05, 3.63) is 22.7 Å². The van der Waals surface area contributed by atoms with Crippen molar-refractivity contribution >= 4 is 11.6 Å². The van der Waals surface area contributed by atoms with Gasteiger partial charge >= 0.3 is 0 Å². The molecule has 0 amide bonds. The molecular weight excluding hydrogens is 278 g/mol. The van der Waals surface area contributed by atoms with Gasteiger partial charge in [0.15, 0.2) is 11.5 Å². The summed E-state index contributed by atoms with van der Waals surface area (Å²) in [5, 5.41) is 13.7. The van der Waals surface area contributed by atoms with Crippen LogP contribution in [-0.4, -0.2) is 30.5 Å². The first kappa shape index (κ1) is 15.4. The van der Waals surface area contributed by atoms with Crippen LogP contribution in [0.2, 0.25) is 5.02 Å². The molecule has 0 spiro atoms. The molecule has 1 aromatic carbocycles. The maximum Gasteiger partial charge on any atom is 0.179 e. The Morgan fingerprint density at radius 3 is 2.65 bits per heavy atom. The highest BCUT2D eigenvalue weighted by molar-refractivity contribution is 6.32. The second-order valence-corrected chi connectivity index (χ2v) is 6.27. The molecule has 112 valence electrons. The number of methoxy groups -OCH3 is 1. The molecule has 2 N–H and O–H groups in total. The van der Waals surface area contributed by atoms with Gasteiger partial charge in [-0.2, -0.15) is 0 Å². The molecule has 1 aromatic rings. The Kier molecular flexibility index (Phi) is 4.78. The normalized spacial score (nSPS) is 15.2. The van der Waals surface area contributed by atoms with E-state index in [1.165, 1.54) is 12.8 Å². The summed E-state index contributed by atoms with van der Waals surface area (Å²) in [5.41, 5.74) is 0.148. The zero-order chi connectivity index (χ0) is 14.8. The molecular formula is C15H22ClNO3. The van der Waals surface area contributed by atoms with Crippen LogP contribution in [-0.2, 0) is 6.54 Å². The molecule has 1 fully saturated rings. The topological polar surface area (TPSA) is 50.7 Å². The lowest BCUT2D eigenvalue weighted by atomic mass is 10.1. The molecule has 2 rings (SSSR count). The number of hydrogen-bond acceptors (Lipinski definition) is 4. The Balaban J connectivity index is 2.09. The quantitative estimate of drug-likeness (QED) is 0.813. The molecule has 1 saturated carbocycles. The smallest absolute Gasteiger partial charge is 0.179 e. The lowest BCUT2D eigenvalue weighted by Crippen LogP contribution is -2.28. The molecule has 0 unspecified atom stereocenters. The second kappa shape index (κ2) is 6.20. The minimum absolute atomic E-state index is 0.156. The highest BCUT2D eigenvalue weighted by Crippen LogP contribution is 2.37. The first-order valence-electron chi connectivity index (χ1n) is 6.84. The fraction of sp³-hybridized carbons (Fsp3) is 0.600. The average molecular weight is 300 g/mol. The summed E-state index contributed by atoms with van der Waals surface area (Å²) in [6.07, 6.45) is 2.50. The predicted molar refractivity (Wildman–Crippen MR) is 79.7 cm³/mol. The van der Waals surface area contributed by atoms with E-state index in [0.717, 1.165) is 12.1 Å². The van der Waals surface area contributed by atoms with Gasteiger partial charge < -0.3 is 19.9 Å². The van der Waals surface area contributed by atoms with E-state index >= 15 is 0 Å². The van der Waals surface area contributed by atoms with Gasteiger partial charge in [-0.15, -0.1) is 0 Å². The van der Waals surface area contributed by atoms with Crippen molar-refractivity contribution in [3.8, 4) is 11.5 Å². The average Bonchev–Trinajstić information content (AvgIpc) is 3.17. The Bertz CT molecular complexity index is 467. The maximum atomic E-state index is 9.72. The van der Waals surface area contributed by atoms with Gasteiger partial charge in [0, 0.05) is 12.6 Å². The molecule has 1 aliphatic rings. The third kappa shape index (κ3) is 4.54. The molecule has 1 aliphatic carbocycles. The number of hydrogen-bond donors (Lipinski definition) is 2. The van der Waals surface area contributed by atoms with Crippen LogP contribution in [0.1, 0.15) is 32.3 Å². The molecule has 0 aliphatic heterocycles. The molecule has 0 atom stereocenters. The molecule has 0 radical (unpaired) electrons. The van der Waals surface area contributed by atoms with Crippen LogP contribution in [0.4, 0.5) is 0 Å². The summed E-state index contributed by atoms with van der Waals surface area (Å²) in [5.74, 6) is 1.07. The number of nitrogens with one attached hydrogen (secondary N) is 1. The number of aliphatic hydroxyl groups is 1. The lowest BCUT2D eigenvalue weighted by molar-refractivity contribution is 0.0276. The summed E-state index contributed by atoms with van der Waals surface area (Å²) in [4.78, 5) is 0. The minimum atomic E-state index is -0.916. The van der Waals surface area contributed by atoms with Crippen LogP contribution < -0.4 is 14.8 Å². The monoisotopic (exact) mass is 299 g/mol. The van der Waals surface area contributed by atoms with Crippen LogP contribution in [0.3, 0.4) is 0 Å². The Hall–Kier alpha value is -0.970. The van der Waals surface area contributed by atoms with Gasteiger partial charge in [0.25, 0.3) is 0 Å². The van der Waals surface area contributed by atoms with Crippen molar-refractivity contribution in [2.45, 2.75) is 44.9 Å². The molecule has 20 heavy (non-hydrogen) atoms. The van der Waals surface area contributed by atoms with E-state index in [4.69, 9.17) is 21.1 Å². The number of benzene rings is 1. The van der Waals surface area contributed by atoms with Crippen LogP contribution >= 0.6 is 11.6 Å². The Labute approximate surface area is 125 Å². The van der Waals surface area contributed by atoms with Gasteiger partial charge in [-0.05, 0) is 44.4 Å². The Morgan fingerprint density at radius 2 is 2.10 bits per heavy atom. The van der Waals surface area contributed by atoms with Crippen LogP contribution in [0.5, 0.6) is 11.5 Å². The van der Waals surface area contributed by atoms with Gasteiger partial charge in [-0.1, -0.05) is 11.6 Å². The maximum absolute atomic E-state index is 9.72. The Morgan fingerprint density at radius 1 is 1.40 bits per heavy atom. The minimum Gasteiger partial charge on any atom is -0.493 e. The van der Waals surface area contributed by atoms with E-state index in [-0.39, 0.29) is 6.61 Å². The van der Waals surface area contributed by atoms with Gasteiger partial charge in [0.2, 0.25) is 0 Å². The van der Waals surface area contributed by atoms with E-state index in [1.807, 2.05) is 12.1 Å². The van der Waals surface area contributed by atoms with Crippen LogP contribution in [0, 0.1) is 0 Å². The third-order valence-electron chi connectivity index (χ3n) is 3.03. The predicted octanol–water partition coefficient (Wildman–Crippen LogP) is 2.75. The summed E-state index contributed by atoms with van der Waals surface area (Å²) in [6, 6.07) is 4.44. The number of rotatable bonds is 7. The number of ether oxygens (including phenoxy) is 2. The molecule has 0 bridgehead atoms. The van der Waals surface area contributed by atoms with Crippen molar-refractivity contribution in [1.82, 2.24) is 5.32 Å². The van der Waals surface area contributed by atoms with Gasteiger partial charge in [0.05, 0.1) is 17.7 Å². The first-order valence-corrected chi connectivity index (χ1v) is 7.22. The lowest BCUT2D eigenvalue weighted by Gasteiger charge is -2.20. The van der Waals surface area contributed by atoms with E-state index in [0.29, 0.717) is 22.6 Å². The van der Waals surface area contributed by atoms with Crippen molar-refractivity contribution in [2.75, 3.05) is 13.7 Å². The molecule has 4 nitrogen and oxygen atoms in total. The molecule has 5 heteroatoms. The standard InChI is InChI=1S/C15H22ClNO3/c1-15(2,18)9-20-14-12(16)6-10(7-13(14)19-3)8-17-11-4-5-11/h6-7,11,17-18H,4-5,8-9H2,1-3H3. The second-order valence-electron chi connectivity index (χ2n) is 5.87. The molecule has 0 aromatic heterocycles. The summed E-state index contributed by atoms with van der Waals surface area (Å²) < 4.78 is 10.9. The van der Waals surface area contributed by atoms with Crippen LogP contribution in [0.25, 0.3) is 0 Å². The van der Waals surface area contributed by atoms with Gasteiger partial charge in [0.1, 0.15) is 6.61 Å². The zero-order valence-corrected chi connectivity index (χ0v) is 13.0. The van der Waals surface area contributed by atoms with Crippen LogP contribution in [0.15, 0.2) is 12.1 Å². The highest BCUT2D eigenvalue weighted by atomic mass is 35.5. The van der Waals surface area contributed by atoms with Crippen molar-refractivity contribution in [2.24, 2.45) is 0 Å². The van der Waals surface area contributed by atoms with E-state index in [1.54, 1.807) is 21.0 Å². The number of halogens is 1. The van der Waals surface area contributed by atoms with E-state index in [9.17, 15) is 5.11 Å². The first-order chi connectivity index (χ1) is 9.39. The SMILES string of the molecule is COc1cc(CNC2CC2)cc(Cl)c1OCC(C)(C)O. The van der Waals surface area contributed by atoms with Crippen molar-refractivity contribution in [1.29, 1.82) is 0 Å². The zero-order valence-electron chi connectivity index (χ0n) is 12.2. The molecule has 0 heterocycles. The fourth-order valence-electron chi connectivity index (χ4n) is 1.81. The van der Waals surface area contributed by atoms with Crippen molar-refractivity contribution in [3.63, 3.8) is 0 Å². The van der Waals surface area contributed by atoms with E-state index in [2.05, 4.69) is 5.32 Å². The largest absolute Gasteiger partial charge is 0.493 e. The van der Waals surface area contributed by atoms with Gasteiger partial charge in [-0.3, -0.25) is 0 Å². The summed E-state index contributed by atoms with van der Waals surface area (Å²) in [7, 11) is 1.58. The highest BCUT2D eigenvalue weighted by Gasteiger charge is 2.21. The molecule has 0 saturated heterocycles. The van der Waals surface area contributed by atoms with Gasteiger partial charge in [-0.25, -0.2) is 0 Å². The summed E-state index contributed by atoms with van der Waals surface area (Å²) in [6.45, 7) is 4.29. The van der Waals surface area contributed by atoms with Crippen molar-refractivity contribution < 1.29 is 14.6 Å². The third-order valence-corrected chi connectivity index (χ3v) is 3.31. The fourth-order valence-corrected chi connectivity index (χ4v) is 2.10.